The molecule has 3 fully saturated rings. The van der Waals surface area contributed by atoms with Crippen molar-refractivity contribution < 1.29 is 99.9 Å². The standard InChI is InChI=1S/C36H52O21S/c1-12-58-36-33(54-23(11)44)30(27(50-19(7)40)24(55-36)13-45-16(4)37)56-35-32(29(52-21(9)42)26(15(3)47-35)49-18(6)39)57-34-31(53-22(10)43)28(51-20(8)41)25(14(2)46-34)48-17(5)38/h14-15,24-36H,12-13H2,1-11H3/t14?,15?,24?,25-,26+,27+,28?,29?,30?,31?,32?,33?,34-,35-,36+/m0/s1. The van der Waals surface area contributed by atoms with E-state index in [4.69, 9.17) is 61.6 Å². The Morgan fingerprint density at radius 2 is 0.793 bits per heavy atom. The molecule has 3 aliphatic heterocycles. The van der Waals surface area contributed by atoms with Gasteiger partial charge in [0.1, 0.15) is 24.3 Å². The minimum absolute atomic E-state index is 0.418. The maximum atomic E-state index is 12.7. The minimum Gasteiger partial charge on any atom is -0.463 e. The molecule has 0 radical (unpaired) electrons. The van der Waals surface area contributed by atoms with Crippen LogP contribution in [0.4, 0.5) is 0 Å². The second-order valence-corrected chi connectivity index (χ2v) is 14.8. The highest BCUT2D eigenvalue weighted by Gasteiger charge is 2.59. The number of esters is 8. The van der Waals surface area contributed by atoms with Crippen LogP contribution in [-0.2, 0) is 99.9 Å². The highest BCUT2D eigenvalue weighted by Crippen LogP contribution is 2.39. The molecule has 0 spiro atoms. The molecule has 3 aliphatic rings. The van der Waals surface area contributed by atoms with Gasteiger partial charge in [-0.05, 0) is 19.6 Å². The third kappa shape index (κ3) is 13.5. The van der Waals surface area contributed by atoms with E-state index in [9.17, 15) is 38.4 Å². The molecule has 3 rings (SSSR count). The second kappa shape index (κ2) is 21.8. The highest BCUT2D eigenvalue weighted by atomic mass is 32.2. The fourth-order valence-electron chi connectivity index (χ4n) is 6.61. The summed E-state index contributed by atoms with van der Waals surface area (Å²) in [6.45, 7) is 13.0. The first-order valence-electron chi connectivity index (χ1n) is 18.4. The Kier molecular flexibility index (Phi) is 18.1. The average Bonchev–Trinajstić information content (AvgIpc) is 3.08. The number of hydrogen-bond acceptors (Lipinski definition) is 22. The molecule has 0 N–H and O–H groups in total. The van der Waals surface area contributed by atoms with Crippen molar-refractivity contribution in [2.45, 2.75) is 167 Å². The number of rotatable bonds is 15. The topological polar surface area (TPSA) is 257 Å². The number of hydrogen-bond donors (Lipinski definition) is 0. The molecule has 0 aromatic rings. The van der Waals surface area contributed by atoms with Gasteiger partial charge in [0.15, 0.2) is 61.4 Å². The van der Waals surface area contributed by atoms with Crippen molar-refractivity contribution in [1.29, 1.82) is 0 Å². The molecule has 15 atom stereocenters. The first-order valence-corrected chi connectivity index (χ1v) is 19.4. The van der Waals surface area contributed by atoms with Crippen LogP contribution in [0.1, 0.15) is 76.2 Å². The largest absolute Gasteiger partial charge is 0.463 e. The summed E-state index contributed by atoms with van der Waals surface area (Å²) in [5.41, 5.74) is -1.01. The Labute approximate surface area is 338 Å². The van der Waals surface area contributed by atoms with Gasteiger partial charge in [-0.1, -0.05) is 6.92 Å². The summed E-state index contributed by atoms with van der Waals surface area (Å²) >= 11 is 1.18. The van der Waals surface area contributed by atoms with Crippen LogP contribution in [0, 0.1) is 0 Å². The summed E-state index contributed by atoms with van der Waals surface area (Å²) in [5, 5.41) is 0. The zero-order chi connectivity index (χ0) is 43.6. The molecule has 0 aliphatic carbocycles. The quantitative estimate of drug-likeness (QED) is 0.163. The molecule has 22 heteroatoms. The third-order valence-corrected chi connectivity index (χ3v) is 9.57. The minimum atomic E-state index is -1.75. The summed E-state index contributed by atoms with van der Waals surface area (Å²) in [6.07, 6.45) is -20.5. The molecule has 3 saturated heterocycles. The molecule has 9 unspecified atom stereocenters. The first-order chi connectivity index (χ1) is 27.1. The van der Waals surface area contributed by atoms with Crippen LogP contribution < -0.4 is 0 Å². The van der Waals surface area contributed by atoms with Crippen molar-refractivity contribution in [2.75, 3.05) is 12.4 Å². The average molecular weight is 853 g/mol. The van der Waals surface area contributed by atoms with Gasteiger partial charge in [-0.2, -0.15) is 0 Å². The molecule has 0 bridgehead atoms. The van der Waals surface area contributed by atoms with Crippen LogP contribution >= 0.6 is 11.8 Å². The molecule has 0 aromatic carbocycles. The van der Waals surface area contributed by atoms with E-state index < -0.39 is 146 Å². The van der Waals surface area contributed by atoms with Crippen molar-refractivity contribution in [2.24, 2.45) is 0 Å². The Morgan fingerprint density at radius 3 is 1.22 bits per heavy atom. The fourth-order valence-corrected chi connectivity index (χ4v) is 7.56. The number of carbonyl (C=O) groups excluding carboxylic acids is 8. The molecular weight excluding hydrogens is 800 g/mol. The molecule has 328 valence electrons. The molecule has 58 heavy (non-hydrogen) atoms. The lowest BCUT2D eigenvalue weighted by Gasteiger charge is -2.50. The Bertz CT molecular complexity index is 1500. The molecule has 0 aromatic heterocycles. The van der Waals surface area contributed by atoms with E-state index in [-0.39, 0.29) is 0 Å². The van der Waals surface area contributed by atoms with Gasteiger partial charge >= 0.3 is 47.8 Å². The number of ether oxygens (including phenoxy) is 13. The number of thioether (sulfide) groups is 1. The summed E-state index contributed by atoms with van der Waals surface area (Å²) in [5.74, 6) is -6.11. The Morgan fingerprint density at radius 1 is 0.431 bits per heavy atom. The summed E-state index contributed by atoms with van der Waals surface area (Å²) in [4.78, 5) is 99.2. The fraction of sp³-hybridized carbons (Fsp3) is 0.778. The van der Waals surface area contributed by atoms with Crippen LogP contribution in [0.2, 0.25) is 0 Å². The van der Waals surface area contributed by atoms with Crippen LogP contribution in [0.3, 0.4) is 0 Å². The molecule has 0 saturated carbocycles. The van der Waals surface area contributed by atoms with E-state index in [1.807, 2.05) is 0 Å². The Balaban J connectivity index is 2.26. The van der Waals surface area contributed by atoms with E-state index in [2.05, 4.69) is 0 Å². The van der Waals surface area contributed by atoms with E-state index >= 15 is 0 Å². The summed E-state index contributed by atoms with van der Waals surface area (Å²) in [6, 6.07) is 0. The lowest BCUT2D eigenvalue weighted by molar-refractivity contribution is -0.377. The first kappa shape index (κ1) is 48.3. The highest BCUT2D eigenvalue weighted by molar-refractivity contribution is 7.99. The van der Waals surface area contributed by atoms with E-state index in [0.717, 1.165) is 55.4 Å². The smallest absolute Gasteiger partial charge is 0.303 e. The van der Waals surface area contributed by atoms with Crippen molar-refractivity contribution >= 4 is 59.5 Å². The lowest BCUT2D eigenvalue weighted by atomic mass is 9.96. The van der Waals surface area contributed by atoms with Gasteiger partial charge in [0, 0.05) is 55.4 Å². The van der Waals surface area contributed by atoms with E-state index in [0.29, 0.717) is 5.75 Å². The van der Waals surface area contributed by atoms with Crippen LogP contribution in [0.5, 0.6) is 0 Å². The third-order valence-electron chi connectivity index (χ3n) is 8.52. The van der Waals surface area contributed by atoms with Crippen molar-refractivity contribution in [3.05, 3.63) is 0 Å². The van der Waals surface area contributed by atoms with Gasteiger partial charge in [0.05, 0.1) is 12.2 Å². The van der Waals surface area contributed by atoms with Crippen LogP contribution in [-0.4, -0.2) is 151 Å². The predicted molar refractivity (Wildman–Crippen MR) is 191 cm³/mol. The molecular formula is C36H52O21S. The van der Waals surface area contributed by atoms with Crippen molar-refractivity contribution in [3.63, 3.8) is 0 Å². The predicted octanol–water partition coefficient (Wildman–Crippen LogP) is 0.809. The van der Waals surface area contributed by atoms with Gasteiger partial charge in [-0.15, -0.1) is 11.8 Å². The molecule has 21 nitrogen and oxygen atoms in total. The monoisotopic (exact) mass is 852 g/mol. The van der Waals surface area contributed by atoms with E-state index in [1.54, 1.807) is 6.92 Å². The van der Waals surface area contributed by atoms with Gasteiger partial charge in [0.25, 0.3) is 0 Å². The number of carbonyl (C=O) groups is 8. The maximum absolute atomic E-state index is 12.7. The van der Waals surface area contributed by atoms with Crippen molar-refractivity contribution in [1.82, 2.24) is 0 Å². The van der Waals surface area contributed by atoms with Gasteiger partial charge in [-0.25, -0.2) is 0 Å². The lowest BCUT2D eigenvalue weighted by Crippen LogP contribution is -2.68. The molecule has 0 amide bonds. The van der Waals surface area contributed by atoms with Gasteiger partial charge in [-0.3, -0.25) is 38.4 Å². The zero-order valence-corrected chi connectivity index (χ0v) is 34.9. The van der Waals surface area contributed by atoms with Crippen LogP contribution in [0.15, 0.2) is 0 Å². The van der Waals surface area contributed by atoms with E-state index in [1.165, 1.54) is 25.6 Å². The van der Waals surface area contributed by atoms with Crippen molar-refractivity contribution in [3.8, 4) is 0 Å². The summed E-state index contributed by atoms with van der Waals surface area (Å²) < 4.78 is 75.9. The van der Waals surface area contributed by atoms with Gasteiger partial charge in [0.2, 0.25) is 0 Å². The maximum Gasteiger partial charge on any atom is 0.303 e. The zero-order valence-electron chi connectivity index (χ0n) is 34.1. The Hall–Kier alpha value is -4.09. The second-order valence-electron chi connectivity index (χ2n) is 13.4. The summed E-state index contributed by atoms with van der Waals surface area (Å²) in [7, 11) is 0. The SMILES string of the molecule is CCS[C@H]1OC(COC(C)=O)[C@@H](OC(C)=O)C(O[C@@H]2OC(C)[C@@H](OC(C)=O)C(OC(C)=O)C2O[C@@H]2OC(C)[C@H](OC(C)=O)C(OC(C)=O)C2OC(C)=O)C1OC(C)=O. The normalized spacial score (nSPS) is 34.6. The van der Waals surface area contributed by atoms with Gasteiger partial charge < -0.3 is 61.6 Å². The molecule has 3 heterocycles. The van der Waals surface area contributed by atoms with Crippen LogP contribution in [0.25, 0.3) is 0 Å².